The summed E-state index contributed by atoms with van der Waals surface area (Å²) in [7, 11) is -4.03. The summed E-state index contributed by atoms with van der Waals surface area (Å²) in [6.07, 6.45) is 4.07. The standard InChI is InChI=1S/C26H30ClN3O5S/c1-2-22(25(32)28-19-10-4-5-11-19)29(17-18-9-3-7-13-21(18)27)24(31)15-16-30-26(33)20-12-6-8-14-23(20)36(30,34)35/h3,6-9,12-14,19,22H,2,4-5,10-11,15-17H2,1H3,(H,28,32). The second-order valence-corrected chi connectivity index (χ2v) is 11.4. The lowest BCUT2D eigenvalue weighted by molar-refractivity contribution is -0.141. The number of nitrogens with zero attached hydrogens (tertiary/aromatic N) is 2. The number of rotatable bonds is 9. The van der Waals surface area contributed by atoms with Crippen molar-refractivity contribution < 1.29 is 22.8 Å². The molecule has 1 atom stereocenters. The monoisotopic (exact) mass is 531 g/mol. The van der Waals surface area contributed by atoms with Crippen LogP contribution in [0.4, 0.5) is 0 Å². The van der Waals surface area contributed by atoms with Crippen molar-refractivity contribution in [2.75, 3.05) is 6.54 Å². The molecule has 4 rings (SSSR count). The van der Waals surface area contributed by atoms with E-state index in [9.17, 15) is 22.8 Å². The fraction of sp³-hybridized carbons (Fsp3) is 0.423. The van der Waals surface area contributed by atoms with E-state index >= 15 is 0 Å². The molecule has 1 aliphatic carbocycles. The maximum atomic E-state index is 13.5. The van der Waals surface area contributed by atoms with Gasteiger partial charge in [-0.05, 0) is 43.0 Å². The minimum absolute atomic E-state index is 0.0576. The number of fused-ring (bicyclic) bond motifs is 1. The predicted octanol–water partition coefficient (Wildman–Crippen LogP) is 3.74. The second kappa shape index (κ2) is 11.0. The molecule has 36 heavy (non-hydrogen) atoms. The Morgan fingerprint density at radius 3 is 2.44 bits per heavy atom. The number of hydrogen-bond donors (Lipinski definition) is 1. The average Bonchev–Trinajstić information content (AvgIpc) is 3.43. The van der Waals surface area contributed by atoms with Gasteiger partial charge in [-0.25, -0.2) is 12.7 Å². The van der Waals surface area contributed by atoms with Crippen LogP contribution >= 0.6 is 11.6 Å². The van der Waals surface area contributed by atoms with E-state index in [1.165, 1.54) is 17.0 Å². The van der Waals surface area contributed by atoms with Gasteiger partial charge < -0.3 is 10.2 Å². The van der Waals surface area contributed by atoms with E-state index in [2.05, 4.69) is 5.32 Å². The first kappa shape index (κ1) is 26.2. The lowest BCUT2D eigenvalue weighted by Gasteiger charge is -2.32. The molecule has 0 aromatic heterocycles. The Labute approximate surface area is 216 Å². The van der Waals surface area contributed by atoms with Gasteiger partial charge in [0, 0.05) is 30.6 Å². The SMILES string of the molecule is CCC(C(=O)NC1CCCC1)N(Cc1ccccc1Cl)C(=O)CCN1C(=O)c2ccccc2S1(=O)=O. The number of benzene rings is 2. The molecule has 0 radical (unpaired) electrons. The summed E-state index contributed by atoms with van der Waals surface area (Å²) in [5, 5.41) is 3.54. The molecule has 2 aromatic carbocycles. The van der Waals surface area contributed by atoms with Gasteiger partial charge in [0.15, 0.2) is 0 Å². The molecule has 1 heterocycles. The van der Waals surface area contributed by atoms with Crippen LogP contribution in [0, 0.1) is 0 Å². The lowest BCUT2D eigenvalue weighted by Crippen LogP contribution is -2.51. The van der Waals surface area contributed by atoms with Crippen molar-refractivity contribution >= 4 is 39.3 Å². The Morgan fingerprint density at radius 1 is 1.11 bits per heavy atom. The summed E-state index contributed by atoms with van der Waals surface area (Å²) in [4.78, 5) is 40.9. The summed E-state index contributed by atoms with van der Waals surface area (Å²) in [6.45, 7) is 1.61. The van der Waals surface area contributed by atoms with Crippen LogP contribution < -0.4 is 5.32 Å². The van der Waals surface area contributed by atoms with Gasteiger partial charge in [0.25, 0.3) is 15.9 Å². The third-order valence-electron chi connectivity index (χ3n) is 6.83. The van der Waals surface area contributed by atoms with E-state index in [1.54, 1.807) is 36.4 Å². The largest absolute Gasteiger partial charge is 0.352 e. The van der Waals surface area contributed by atoms with Gasteiger partial charge in [0.2, 0.25) is 11.8 Å². The van der Waals surface area contributed by atoms with Crippen molar-refractivity contribution in [3.8, 4) is 0 Å². The normalized spacial score (nSPS) is 17.6. The van der Waals surface area contributed by atoms with Crippen molar-refractivity contribution in [2.45, 2.75) is 69.0 Å². The van der Waals surface area contributed by atoms with E-state index in [0.29, 0.717) is 17.0 Å². The zero-order valence-corrected chi connectivity index (χ0v) is 21.7. The van der Waals surface area contributed by atoms with Crippen LogP contribution in [0.5, 0.6) is 0 Å². The third-order valence-corrected chi connectivity index (χ3v) is 9.04. The number of amides is 3. The first-order chi connectivity index (χ1) is 17.2. The van der Waals surface area contributed by atoms with E-state index in [-0.39, 0.29) is 41.9 Å². The summed E-state index contributed by atoms with van der Waals surface area (Å²) in [5.41, 5.74) is 0.775. The van der Waals surface area contributed by atoms with Crippen molar-refractivity contribution in [3.63, 3.8) is 0 Å². The number of carbonyl (C=O) groups excluding carboxylic acids is 3. The van der Waals surface area contributed by atoms with Crippen molar-refractivity contribution in [2.24, 2.45) is 0 Å². The smallest absolute Gasteiger partial charge is 0.269 e. The highest BCUT2D eigenvalue weighted by atomic mass is 35.5. The van der Waals surface area contributed by atoms with E-state index in [1.807, 2.05) is 6.92 Å². The Bertz CT molecular complexity index is 1260. The highest BCUT2D eigenvalue weighted by Gasteiger charge is 2.41. The summed E-state index contributed by atoms with van der Waals surface area (Å²) < 4.78 is 26.5. The molecule has 1 N–H and O–H groups in total. The molecule has 3 amide bonds. The maximum Gasteiger partial charge on any atom is 0.269 e. The van der Waals surface area contributed by atoms with Gasteiger partial charge in [-0.15, -0.1) is 0 Å². The van der Waals surface area contributed by atoms with Crippen LogP contribution in [0.2, 0.25) is 5.02 Å². The van der Waals surface area contributed by atoms with Gasteiger partial charge >= 0.3 is 0 Å². The molecule has 1 saturated carbocycles. The molecular formula is C26H30ClN3O5S. The minimum Gasteiger partial charge on any atom is -0.352 e. The molecule has 1 unspecified atom stereocenters. The molecule has 0 spiro atoms. The van der Waals surface area contributed by atoms with E-state index in [0.717, 1.165) is 30.0 Å². The Hall–Kier alpha value is -2.91. The molecule has 0 bridgehead atoms. The molecule has 2 aromatic rings. The first-order valence-corrected chi connectivity index (χ1v) is 14.0. The summed E-state index contributed by atoms with van der Waals surface area (Å²) in [6, 6.07) is 12.4. The van der Waals surface area contributed by atoms with E-state index < -0.39 is 27.9 Å². The number of nitrogens with one attached hydrogen (secondary N) is 1. The Kier molecular flexibility index (Phi) is 8.00. The predicted molar refractivity (Wildman–Crippen MR) is 136 cm³/mol. The molecular weight excluding hydrogens is 502 g/mol. The summed E-state index contributed by atoms with van der Waals surface area (Å²) >= 11 is 6.36. The Balaban J connectivity index is 1.54. The molecule has 1 aliphatic heterocycles. The van der Waals surface area contributed by atoms with Gasteiger partial charge in [-0.2, -0.15) is 0 Å². The third kappa shape index (κ3) is 5.27. The second-order valence-electron chi connectivity index (χ2n) is 9.16. The number of halogens is 1. The van der Waals surface area contributed by atoms with Crippen molar-refractivity contribution in [1.29, 1.82) is 0 Å². The molecule has 10 heteroatoms. The molecule has 2 aliphatic rings. The number of carbonyl (C=O) groups is 3. The fourth-order valence-corrected chi connectivity index (χ4v) is 6.66. The average molecular weight is 532 g/mol. The highest BCUT2D eigenvalue weighted by molar-refractivity contribution is 7.90. The first-order valence-electron chi connectivity index (χ1n) is 12.2. The molecule has 1 fully saturated rings. The van der Waals surface area contributed by atoms with Crippen LogP contribution in [-0.2, 0) is 26.2 Å². The lowest BCUT2D eigenvalue weighted by atomic mass is 10.1. The Morgan fingerprint density at radius 2 is 1.78 bits per heavy atom. The van der Waals surface area contributed by atoms with Crippen LogP contribution in [0.1, 0.15) is 61.4 Å². The van der Waals surface area contributed by atoms with Gasteiger partial charge in [-0.3, -0.25) is 14.4 Å². The topological polar surface area (TPSA) is 104 Å². The zero-order valence-electron chi connectivity index (χ0n) is 20.2. The van der Waals surface area contributed by atoms with Crippen LogP contribution in [-0.4, -0.2) is 54.0 Å². The molecule has 192 valence electrons. The highest BCUT2D eigenvalue weighted by Crippen LogP contribution is 2.30. The van der Waals surface area contributed by atoms with Gasteiger partial charge in [0.1, 0.15) is 10.9 Å². The molecule has 0 saturated heterocycles. The quantitative estimate of drug-likeness (QED) is 0.531. The van der Waals surface area contributed by atoms with Crippen molar-refractivity contribution in [1.82, 2.24) is 14.5 Å². The minimum atomic E-state index is -4.03. The van der Waals surface area contributed by atoms with Crippen LogP contribution in [0.15, 0.2) is 53.4 Å². The summed E-state index contributed by atoms with van der Waals surface area (Å²) in [5.74, 6) is -1.31. The fourth-order valence-electron chi connectivity index (χ4n) is 4.89. The zero-order chi connectivity index (χ0) is 25.9. The van der Waals surface area contributed by atoms with Crippen LogP contribution in [0.3, 0.4) is 0 Å². The number of hydrogen-bond acceptors (Lipinski definition) is 5. The van der Waals surface area contributed by atoms with Crippen molar-refractivity contribution in [3.05, 3.63) is 64.7 Å². The van der Waals surface area contributed by atoms with Crippen LogP contribution in [0.25, 0.3) is 0 Å². The van der Waals surface area contributed by atoms with E-state index in [4.69, 9.17) is 11.6 Å². The van der Waals surface area contributed by atoms with Gasteiger partial charge in [-0.1, -0.05) is 61.7 Å². The van der Waals surface area contributed by atoms with Gasteiger partial charge in [0.05, 0.1) is 5.56 Å². The number of sulfonamides is 1. The maximum absolute atomic E-state index is 13.5. The molecule has 8 nitrogen and oxygen atoms in total.